The van der Waals surface area contributed by atoms with E-state index >= 15 is 0 Å². The Bertz CT molecular complexity index is 503. The number of rotatable bonds is 2. The van der Waals surface area contributed by atoms with Crippen LogP contribution in [-0.2, 0) is 9.59 Å². The van der Waals surface area contributed by atoms with E-state index in [0.717, 1.165) is 6.42 Å². The van der Waals surface area contributed by atoms with Gasteiger partial charge in [0.2, 0.25) is 11.8 Å². The Labute approximate surface area is 111 Å². The summed E-state index contributed by atoms with van der Waals surface area (Å²) < 4.78 is 0. The minimum atomic E-state index is -1.00. The zero-order valence-electron chi connectivity index (χ0n) is 10.5. The van der Waals surface area contributed by atoms with Gasteiger partial charge in [-0.1, -0.05) is 30.3 Å². The number of hydrogen-bond donors (Lipinski definition) is 2. The SMILES string of the molecule is O=C1N[C@H]([C@@H](O)c2ccccc2)C(=O)N2CCC[C@@H]12. The summed E-state index contributed by atoms with van der Waals surface area (Å²) in [5.74, 6) is -0.337. The molecule has 2 N–H and O–H groups in total. The Balaban J connectivity index is 1.85. The van der Waals surface area contributed by atoms with Crippen molar-refractivity contribution in [2.45, 2.75) is 31.0 Å². The van der Waals surface area contributed by atoms with Gasteiger partial charge in [-0.2, -0.15) is 0 Å². The lowest BCUT2D eigenvalue weighted by molar-refractivity contribution is -0.150. The van der Waals surface area contributed by atoms with Gasteiger partial charge in [-0.25, -0.2) is 0 Å². The lowest BCUT2D eigenvalue weighted by Gasteiger charge is -2.36. The quantitative estimate of drug-likeness (QED) is 0.798. The maximum Gasteiger partial charge on any atom is 0.248 e. The number of carbonyl (C=O) groups excluding carboxylic acids is 2. The van der Waals surface area contributed by atoms with E-state index in [-0.39, 0.29) is 17.9 Å². The number of aliphatic hydroxyl groups is 1. The highest BCUT2D eigenvalue weighted by atomic mass is 16.3. The Hall–Kier alpha value is -1.88. The largest absolute Gasteiger partial charge is 0.386 e. The second-order valence-corrected chi connectivity index (χ2v) is 5.03. The third-order valence-corrected chi connectivity index (χ3v) is 3.86. The highest BCUT2D eigenvalue weighted by Gasteiger charge is 2.45. The van der Waals surface area contributed by atoms with Crippen molar-refractivity contribution >= 4 is 11.8 Å². The molecular weight excluding hydrogens is 244 g/mol. The van der Waals surface area contributed by atoms with Crippen molar-refractivity contribution in [3.8, 4) is 0 Å². The molecule has 5 heteroatoms. The minimum absolute atomic E-state index is 0.155. The van der Waals surface area contributed by atoms with Gasteiger partial charge < -0.3 is 15.3 Å². The molecule has 2 amide bonds. The molecule has 2 saturated heterocycles. The van der Waals surface area contributed by atoms with Gasteiger partial charge in [-0.15, -0.1) is 0 Å². The first-order valence-electron chi connectivity index (χ1n) is 6.52. The zero-order valence-corrected chi connectivity index (χ0v) is 10.5. The molecule has 0 saturated carbocycles. The number of nitrogens with one attached hydrogen (secondary N) is 1. The summed E-state index contributed by atoms with van der Waals surface area (Å²) in [6.45, 7) is 0.606. The summed E-state index contributed by atoms with van der Waals surface area (Å²) in [6.07, 6.45) is 0.558. The first-order chi connectivity index (χ1) is 9.18. The molecule has 0 aliphatic carbocycles. The number of amides is 2. The maximum absolute atomic E-state index is 12.3. The molecule has 2 aliphatic rings. The zero-order chi connectivity index (χ0) is 13.4. The molecule has 0 bridgehead atoms. The first kappa shape index (κ1) is 12.2. The molecule has 100 valence electrons. The van der Waals surface area contributed by atoms with Gasteiger partial charge >= 0.3 is 0 Å². The molecule has 0 aromatic heterocycles. The molecule has 2 fully saturated rings. The molecule has 3 atom stereocenters. The smallest absolute Gasteiger partial charge is 0.248 e. The van der Waals surface area contributed by atoms with Crippen LogP contribution in [-0.4, -0.2) is 40.4 Å². The molecule has 0 radical (unpaired) electrons. The van der Waals surface area contributed by atoms with Crippen LogP contribution >= 0.6 is 0 Å². The topological polar surface area (TPSA) is 69.6 Å². The van der Waals surface area contributed by atoms with Gasteiger partial charge in [0.25, 0.3) is 0 Å². The van der Waals surface area contributed by atoms with Crippen molar-refractivity contribution in [3.63, 3.8) is 0 Å². The third kappa shape index (κ3) is 2.00. The van der Waals surface area contributed by atoms with E-state index in [1.54, 1.807) is 29.2 Å². The summed E-state index contributed by atoms with van der Waals surface area (Å²) in [4.78, 5) is 25.9. The van der Waals surface area contributed by atoms with E-state index in [0.29, 0.717) is 18.5 Å². The number of fused-ring (bicyclic) bond motifs is 1. The minimum Gasteiger partial charge on any atom is -0.386 e. The van der Waals surface area contributed by atoms with Crippen LogP contribution in [0.4, 0.5) is 0 Å². The van der Waals surface area contributed by atoms with Gasteiger partial charge in [0.1, 0.15) is 18.2 Å². The molecule has 3 rings (SSSR count). The Kier molecular flexibility index (Phi) is 2.98. The highest BCUT2D eigenvalue weighted by Crippen LogP contribution is 2.27. The Morgan fingerprint density at radius 2 is 2.00 bits per heavy atom. The van der Waals surface area contributed by atoms with Crippen LogP contribution in [0.3, 0.4) is 0 Å². The van der Waals surface area contributed by atoms with Crippen LogP contribution in [0.25, 0.3) is 0 Å². The molecule has 19 heavy (non-hydrogen) atoms. The molecule has 2 aliphatic heterocycles. The van der Waals surface area contributed by atoms with E-state index in [2.05, 4.69) is 5.32 Å². The number of piperazine rings is 1. The van der Waals surface area contributed by atoms with E-state index < -0.39 is 12.1 Å². The van der Waals surface area contributed by atoms with Gasteiger partial charge in [-0.05, 0) is 18.4 Å². The highest BCUT2D eigenvalue weighted by molar-refractivity contribution is 5.97. The molecule has 0 spiro atoms. The van der Waals surface area contributed by atoms with Crippen LogP contribution in [0.1, 0.15) is 24.5 Å². The third-order valence-electron chi connectivity index (χ3n) is 3.86. The predicted molar refractivity (Wildman–Crippen MR) is 68.1 cm³/mol. The molecule has 2 heterocycles. The fourth-order valence-electron chi connectivity index (χ4n) is 2.85. The number of benzene rings is 1. The predicted octanol–water partition coefficient (Wildman–Crippen LogP) is 0.209. The van der Waals surface area contributed by atoms with Crippen molar-refractivity contribution in [1.29, 1.82) is 0 Å². The fraction of sp³-hybridized carbons (Fsp3) is 0.429. The summed E-state index contributed by atoms with van der Waals surface area (Å²) >= 11 is 0. The van der Waals surface area contributed by atoms with E-state index in [9.17, 15) is 14.7 Å². The van der Waals surface area contributed by atoms with Crippen LogP contribution in [0.15, 0.2) is 30.3 Å². The number of carbonyl (C=O) groups is 2. The Morgan fingerprint density at radius 3 is 2.74 bits per heavy atom. The maximum atomic E-state index is 12.3. The normalized spacial score (nSPS) is 27.9. The summed E-state index contributed by atoms with van der Waals surface area (Å²) in [6, 6.07) is 7.73. The van der Waals surface area contributed by atoms with Gasteiger partial charge in [0.15, 0.2) is 0 Å². The van der Waals surface area contributed by atoms with Crippen molar-refractivity contribution < 1.29 is 14.7 Å². The van der Waals surface area contributed by atoms with Crippen molar-refractivity contribution in [2.75, 3.05) is 6.54 Å². The van der Waals surface area contributed by atoms with Crippen molar-refractivity contribution in [1.82, 2.24) is 10.2 Å². The van der Waals surface area contributed by atoms with Gasteiger partial charge in [0.05, 0.1) is 0 Å². The second kappa shape index (κ2) is 4.66. The van der Waals surface area contributed by atoms with Crippen LogP contribution in [0.5, 0.6) is 0 Å². The van der Waals surface area contributed by atoms with E-state index in [4.69, 9.17) is 0 Å². The Morgan fingerprint density at radius 1 is 1.26 bits per heavy atom. The molecule has 0 unspecified atom stereocenters. The summed E-state index contributed by atoms with van der Waals surface area (Å²) in [5.41, 5.74) is 0.638. The molecule has 1 aromatic rings. The summed E-state index contributed by atoms with van der Waals surface area (Å²) in [7, 11) is 0. The van der Waals surface area contributed by atoms with Crippen molar-refractivity contribution in [3.05, 3.63) is 35.9 Å². The van der Waals surface area contributed by atoms with Crippen LogP contribution in [0, 0.1) is 0 Å². The average Bonchev–Trinajstić information content (AvgIpc) is 2.93. The van der Waals surface area contributed by atoms with Gasteiger partial charge in [0, 0.05) is 6.54 Å². The number of hydrogen-bond acceptors (Lipinski definition) is 3. The average molecular weight is 260 g/mol. The first-order valence-corrected chi connectivity index (χ1v) is 6.52. The fourth-order valence-corrected chi connectivity index (χ4v) is 2.85. The van der Waals surface area contributed by atoms with E-state index in [1.165, 1.54) is 0 Å². The molecular formula is C14H16N2O3. The second-order valence-electron chi connectivity index (χ2n) is 5.03. The number of nitrogens with zero attached hydrogens (tertiary/aromatic N) is 1. The van der Waals surface area contributed by atoms with Crippen LogP contribution < -0.4 is 5.32 Å². The molecule has 1 aromatic carbocycles. The van der Waals surface area contributed by atoms with E-state index in [1.807, 2.05) is 6.07 Å². The monoisotopic (exact) mass is 260 g/mol. The van der Waals surface area contributed by atoms with Crippen LogP contribution in [0.2, 0.25) is 0 Å². The van der Waals surface area contributed by atoms with Crippen molar-refractivity contribution in [2.24, 2.45) is 0 Å². The standard InChI is InChI=1S/C14H16N2O3/c17-12(9-5-2-1-3-6-9)11-14(19)16-8-4-7-10(16)13(18)15-11/h1-3,5-6,10-12,17H,4,7-8H2,(H,15,18)/t10-,11+,12-/m0/s1. The lowest BCUT2D eigenvalue weighted by Crippen LogP contribution is -2.62. The lowest BCUT2D eigenvalue weighted by atomic mass is 9.98. The molecule has 5 nitrogen and oxygen atoms in total. The van der Waals surface area contributed by atoms with Gasteiger partial charge in [-0.3, -0.25) is 9.59 Å². The number of aliphatic hydroxyl groups excluding tert-OH is 1. The summed E-state index contributed by atoms with van der Waals surface area (Å²) in [5, 5.41) is 12.9.